The van der Waals surface area contributed by atoms with Gasteiger partial charge in [0.05, 0.1) is 18.1 Å². The van der Waals surface area contributed by atoms with E-state index in [2.05, 4.69) is 143 Å². The maximum absolute atomic E-state index is 5.12. The van der Waals surface area contributed by atoms with Gasteiger partial charge in [-0.05, 0) is 22.3 Å². The molecule has 3 N–H and O–H groups in total. The van der Waals surface area contributed by atoms with Crippen molar-refractivity contribution in [2.75, 3.05) is 0 Å². The average Bonchev–Trinajstić information content (AvgIpc) is 3.56. The minimum atomic E-state index is 0.0155. The fraction of sp³-hybridized carbons (Fsp3) is 0.129. The summed E-state index contributed by atoms with van der Waals surface area (Å²) in [4.78, 5) is 5.12. The third kappa shape index (κ3) is 4.43. The molecule has 0 aliphatic carbocycles. The lowest BCUT2D eigenvalue weighted by atomic mass is 9.95. The predicted octanol–water partition coefficient (Wildman–Crippen LogP) is 5.99. The highest BCUT2D eigenvalue weighted by molar-refractivity contribution is 5.95. The van der Waals surface area contributed by atoms with Crippen molar-refractivity contribution < 1.29 is 0 Å². The van der Waals surface area contributed by atoms with Gasteiger partial charge in [0.1, 0.15) is 17.7 Å². The van der Waals surface area contributed by atoms with Crippen molar-refractivity contribution in [3.8, 4) is 0 Å². The summed E-state index contributed by atoms with van der Waals surface area (Å²) >= 11 is 0. The van der Waals surface area contributed by atoms with Crippen molar-refractivity contribution in [3.05, 3.63) is 155 Å². The number of nitrogens with zero attached hydrogens (tertiary/aromatic N) is 1. The molecule has 2 aliphatic heterocycles. The molecule has 2 heterocycles. The van der Waals surface area contributed by atoms with Crippen molar-refractivity contribution >= 4 is 5.84 Å². The molecule has 0 spiro atoms. The minimum Gasteiger partial charge on any atom is -0.363 e. The van der Waals surface area contributed by atoms with Crippen LogP contribution in [0.2, 0.25) is 0 Å². The quantitative estimate of drug-likeness (QED) is 0.346. The van der Waals surface area contributed by atoms with Crippen LogP contribution >= 0.6 is 0 Å². The summed E-state index contributed by atoms with van der Waals surface area (Å²) < 4.78 is 0. The molecule has 4 aromatic rings. The Kier molecular flexibility index (Phi) is 5.77. The monoisotopic (exact) mass is 456 g/mol. The Labute approximate surface area is 206 Å². The van der Waals surface area contributed by atoms with E-state index in [0.29, 0.717) is 0 Å². The molecule has 4 nitrogen and oxygen atoms in total. The van der Waals surface area contributed by atoms with Gasteiger partial charge in [0.2, 0.25) is 0 Å². The lowest BCUT2D eigenvalue weighted by Crippen LogP contribution is -2.25. The third-order valence-electron chi connectivity index (χ3n) is 6.75. The van der Waals surface area contributed by atoms with Crippen LogP contribution in [0.5, 0.6) is 0 Å². The largest absolute Gasteiger partial charge is 0.363 e. The summed E-state index contributed by atoms with van der Waals surface area (Å²) in [5.41, 5.74) is 4.94. The highest BCUT2D eigenvalue weighted by Gasteiger charge is 2.34. The summed E-state index contributed by atoms with van der Waals surface area (Å²) in [7, 11) is 0. The summed E-state index contributed by atoms with van der Waals surface area (Å²) in [6, 6.07) is 42.7. The lowest BCUT2D eigenvalue weighted by Gasteiger charge is -2.19. The number of rotatable bonds is 5. The van der Waals surface area contributed by atoms with Crippen molar-refractivity contribution in [1.29, 1.82) is 0 Å². The second-order valence-corrected chi connectivity index (χ2v) is 9.03. The molecule has 35 heavy (non-hydrogen) atoms. The van der Waals surface area contributed by atoms with Crippen molar-refractivity contribution in [1.82, 2.24) is 16.0 Å². The van der Waals surface area contributed by atoms with E-state index < -0.39 is 0 Å². The van der Waals surface area contributed by atoms with Gasteiger partial charge in [-0.2, -0.15) is 0 Å². The van der Waals surface area contributed by atoms with Gasteiger partial charge in [0.15, 0.2) is 0 Å². The fourth-order valence-electron chi connectivity index (χ4n) is 5.06. The molecule has 0 aromatic heterocycles. The molecule has 172 valence electrons. The molecule has 0 saturated carbocycles. The summed E-state index contributed by atoms with van der Waals surface area (Å²) in [5, 5.41) is 11.1. The molecule has 0 unspecified atom stereocenters. The van der Waals surface area contributed by atoms with Gasteiger partial charge in [0, 0.05) is 6.08 Å². The van der Waals surface area contributed by atoms with E-state index in [4.69, 9.17) is 4.99 Å². The first kappa shape index (κ1) is 21.2. The molecular weight excluding hydrogens is 428 g/mol. The average molecular weight is 457 g/mol. The Bertz CT molecular complexity index is 1270. The summed E-state index contributed by atoms with van der Waals surface area (Å²) in [6.07, 6.45) is 2.11. The van der Waals surface area contributed by atoms with E-state index in [1.807, 2.05) is 0 Å². The van der Waals surface area contributed by atoms with Crippen LogP contribution in [0.15, 0.2) is 138 Å². The number of nitrogens with one attached hydrogen (secondary N) is 3. The smallest absolute Gasteiger partial charge is 0.125 e. The SMILES string of the molecule is C(=C1N[C@@H](c2ccccc2)[C@H](c2ccccc2)N1)C1=N[C@@H](c2ccccc2)[C@H](c2ccccc2)N1. The van der Waals surface area contributed by atoms with Crippen LogP contribution in [-0.2, 0) is 0 Å². The molecule has 4 aromatic carbocycles. The Morgan fingerprint density at radius 2 is 0.857 bits per heavy atom. The summed E-state index contributed by atoms with van der Waals surface area (Å²) in [5.74, 6) is 1.85. The van der Waals surface area contributed by atoms with E-state index in [9.17, 15) is 0 Å². The normalized spacial score (nSPS) is 23.1. The number of aliphatic imine (C=N–C) groups is 1. The molecule has 0 amide bonds. The Morgan fingerprint density at radius 1 is 0.457 bits per heavy atom. The zero-order valence-electron chi connectivity index (χ0n) is 19.4. The minimum absolute atomic E-state index is 0.0155. The lowest BCUT2D eigenvalue weighted by molar-refractivity contribution is 0.554. The van der Waals surface area contributed by atoms with Crippen molar-refractivity contribution in [2.45, 2.75) is 24.2 Å². The Hall–Kier alpha value is -4.31. The number of amidine groups is 1. The maximum atomic E-state index is 5.12. The van der Waals surface area contributed by atoms with Crippen LogP contribution in [0.4, 0.5) is 0 Å². The van der Waals surface area contributed by atoms with Gasteiger partial charge in [-0.1, -0.05) is 121 Å². The van der Waals surface area contributed by atoms with Gasteiger partial charge in [-0.15, -0.1) is 0 Å². The van der Waals surface area contributed by atoms with E-state index in [1.54, 1.807) is 0 Å². The summed E-state index contributed by atoms with van der Waals surface area (Å²) in [6.45, 7) is 0. The van der Waals surface area contributed by atoms with Crippen molar-refractivity contribution in [2.24, 2.45) is 4.99 Å². The second kappa shape index (κ2) is 9.51. The first-order valence-corrected chi connectivity index (χ1v) is 12.1. The molecule has 1 saturated heterocycles. The molecule has 1 fully saturated rings. The van der Waals surface area contributed by atoms with E-state index in [-0.39, 0.29) is 24.2 Å². The Balaban J connectivity index is 1.33. The van der Waals surface area contributed by atoms with Crippen molar-refractivity contribution in [3.63, 3.8) is 0 Å². The Morgan fingerprint density at radius 3 is 1.31 bits per heavy atom. The highest BCUT2D eigenvalue weighted by Crippen LogP contribution is 2.37. The first-order valence-electron chi connectivity index (χ1n) is 12.1. The molecule has 0 bridgehead atoms. The van der Waals surface area contributed by atoms with Gasteiger partial charge in [0.25, 0.3) is 0 Å². The fourth-order valence-corrected chi connectivity index (χ4v) is 5.06. The van der Waals surface area contributed by atoms with Crippen LogP contribution in [-0.4, -0.2) is 5.84 Å². The van der Waals surface area contributed by atoms with Gasteiger partial charge in [-0.3, -0.25) is 4.99 Å². The molecule has 4 atom stereocenters. The predicted molar refractivity (Wildman–Crippen MR) is 142 cm³/mol. The molecule has 0 radical (unpaired) electrons. The van der Waals surface area contributed by atoms with Crippen LogP contribution in [0.1, 0.15) is 46.4 Å². The van der Waals surface area contributed by atoms with Gasteiger partial charge in [-0.25, -0.2) is 0 Å². The molecule has 2 aliphatic rings. The number of hydrogen-bond acceptors (Lipinski definition) is 4. The number of hydrogen-bond donors (Lipinski definition) is 3. The van der Waals surface area contributed by atoms with E-state index >= 15 is 0 Å². The van der Waals surface area contributed by atoms with E-state index in [0.717, 1.165) is 11.7 Å². The van der Waals surface area contributed by atoms with Crippen LogP contribution in [0, 0.1) is 0 Å². The van der Waals surface area contributed by atoms with Crippen LogP contribution in [0.3, 0.4) is 0 Å². The standard InChI is InChI=1S/C31H28N4/c1-5-13-22(14-6-1)28-29(23-15-7-2-8-16-23)33-26(32-28)21-27-34-30(24-17-9-3-10-18-24)31(35-27)25-19-11-4-12-20-25/h1-21,28-33H,(H,34,35)/t28-,29-,30-,31-/m0/s1. The van der Waals surface area contributed by atoms with Crippen LogP contribution < -0.4 is 16.0 Å². The van der Waals surface area contributed by atoms with E-state index in [1.165, 1.54) is 22.3 Å². The zero-order valence-corrected chi connectivity index (χ0v) is 19.4. The van der Waals surface area contributed by atoms with Gasteiger partial charge >= 0.3 is 0 Å². The third-order valence-corrected chi connectivity index (χ3v) is 6.75. The second-order valence-electron chi connectivity index (χ2n) is 9.03. The maximum Gasteiger partial charge on any atom is 0.125 e. The highest BCUT2D eigenvalue weighted by atomic mass is 15.2. The van der Waals surface area contributed by atoms with Crippen LogP contribution in [0.25, 0.3) is 0 Å². The molecule has 4 heteroatoms. The number of benzene rings is 4. The zero-order chi connectivity index (χ0) is 23.5. The molecular formula is C31H28N4. The topological polar surface area (TPSA) is 48.5 Å². The van der Waals surface area contributed by atoms with Gasteiger partial charge < -0.3 is 16.0 Å². The first-order chi connectivity index (χ1) is 17.3. The molecule has 6 rings (SSSR count).